The Morgan fingerprint density at radius 1 is 1.55 bits per heavy atom. The molecule has 0 aliphatic carbocycles. The summed E-state index contributed by atoms with van der Waals surface area (Å²) in [5, 5.41) is 3.44. The first kappa shape index (κ1) is 6.85. The lowest BCUT2D eigenvalue weighted by Gasteiger charge is -2.24. The Bertz CT molecular complexity index is 254. The first-order chi connectivity index (χ1) is 5.27. The van der Waals surface area contributed by atoms with Gasteiger partial charge in [-0.3, -0.25) is 0 Å². The molecule has 0 radical (unpaired) electrons. The summed E-state index contributed by atoms with van der Waals surface area (Å²) in [6.07, 6.45) is 2.85. The molecule has 1 aromatic rings. The molecule has 1 aliphatic heterocycles. The van der Waals surface area contributed by atoms with Crippen molar-refractivity contribution >= 4 is 0 Å². The van der Waals surface area contributed by atoms with Gasteiger partial charge in [-0.2, -0.15) is 0 Å². The minimum absolute atomic E-state index is 0.403. The van der Waals surface area contributed by atoms with Gasteiger partial charge in [-0.05, 0) is 13.8 Å². The van der Waals surface area contributed by atoms with E-state index in [0.29, 0.717) is 12.1 Å². The largest absolute Gasteiger partial charge is 0.348 e. The molecule has 2 unspecified atom stereocenters. The first-order valence-electron chi connectivity index (χ1n) is 4.05. The van der Waals surface area contributed by atoms with Crippen LogP contribution in [0.4, 0.5) is 0 Å². The average Bonchev–Trinajstić information content (AvgIpc) is 2.34. The number of nitrogens with zero attached hydrogens (tertiary/aromatic N) is 1. The third-order valence-electron chi connectivity index (χ3n) is 2.21. The molecule has 2 atom stereocenters. The summed E-state index contributed by atoms with van der Waals surface area (Å²) < 4.78 is 0. The van der Waals surface area contributed by atoms with Crippen molar-refractivity contribution in [3.63, 3.8) is 0 Å². The van der Waals surface area contributed by atoms with Crippen molar-refractivity contribution in [3.05, 3.63) is 17.7 Å². The summed E-state index contributed by atoms with van der Waals surface area (Å²) >= 11 is 0. The number of aromatic nitrogens is 2. The molecule has 3 heteroatoms. The van der Waals surface area contributed by atoms with Gasteiger partial charge < -0.3 is 10.3 Å². The Balaban J connectivity index is 2.36. The van der Waals surface area contributed by atoms with Crippen LogP contribution in [0, 0.1) is 0 Å². The molecule has 0 aromatic carbocycles. The van der Waals surface area contributed by atoms with Gasteiger partial charge in [-0.1, -0.05) is 0 Å². The van der Waals surface area contributed by atoms with Crippen LogP contribution in [0.3, 0.4) is 0 Å². The van der Waals surface area contributed by atoms with Crippen LogP contribution < -0.4 is 5.32 Å². The standard InChI is InChI=1S/C8H13N3/c1-5-3-7-8(6(2)11-5)10-4-9-7/h4-6,11H,3H2,1-2H3,(H,9,10). The predicted molar refractivity (Wildman–Crippen MR) is 43.3 cm³/mol. The minimum atomic E-state index is 0.403. The first-order valence-corrected chi connectivity index (χ1v) is 4.05. The van der Waals surface area contributed by atoms with E-state index in [2.05, 4.69) is 29.1 Å². The molecule has 2 heterocycles. The number of imidazole rings is 1. The second kappa shape index (κ2) is 2.34. The number of H-pyrrole nitrogens is 1. The minimum Gasteiger partial charge on any atom is -0.348 e. The van der Waals surface area contributed by atoms with Gasteiger partial charge in [0.15, 0.2) is 0 Å². The fraction of sp³-hybridized carbons (Fsp3) is 0.625. The molecule has 0 fully saturated rings. The quantitative estimate of drug-likeness (QED) is 0.581. The molecule has 11 heavy (non-hydrogen) atoms. The molecule has 60 valence electrons. The highest BCUT2D eigenvalue weighted by atomic mass is 15.0. The van der Waals surface area contributed by atoms with Crippen LogP contribution in [-0.2, 0) is 6.42 Å². The molecule has 2 rings (SSSR count). The molecular weight excluding hydrogens is 138 g/mol. The van der Waals surface area contributed by atoms with Crippen LogP contribution in [0.25, 0.3) is 0 Å². The Morgan fingerprint density at radius 2 is 2.36 bits per heavy atom. The van der Waals surface area contributed by atoms with E-state index in [0.717, 1.165) is 6.42 Å². The third-order valence-corrected chi connectivity index (χ3v) is 2.21. The van der Waals surface area contributed by atoms with E-state index in [1.807, 2.05) is 0 Å². The summed E-state index contributed by atoms with van der Waals surface area (Å²) in [5.74, 6) is 0. The molecule has 2 N–H and O–H groups in total. The Morgan fingerprint density at radius 3 is 3.18 bits per heavy atom. The normalized spacial score (nSPS) is 30.0. The zero-order valence-corrected chi connectivity index (χ0v) is 6.89. The summed E-state index contributed by atoms with van der Waals surface area (Å²) in [6, 6.07) is 0.970. The molecule has 1 aliphatic rings. The maximum absolute atomic E-state index is 4.25. The number of aromatic amines is 1. The lowest BCUT2D eigenvalue weighted by molar-refractivity contribution is 0.436. The van der Waals surface area contributed by atoms with Crippen molar-refractivity contribution in [1.29, 1.82) is 0 Å². The number of hydrogen-bond donors (Lipinski definition) is 2. The van der Waals surface area contributed by atoms with E-state index in [1.54, 1.807) is 6.33 Å². The monoisotopic (exact) mass is 151 g/mol. The van der Waals surface area contributed by atoms with Crippen LogP contribution in [-0.4, -0.2) is 16.0 Å². The fourth-order valence-corrected chi connectivity index (χ4v) is 1.74. The average molecular weight is 151 g/mol. The Hall–Kier alpha value is -0.830. The number of nitrogens with one attached hydrogen (secondary N) is 2. The van der Waals surface area contributed by atoms with Crippen molar-refractivity contribution in [3.8, 4) is 0 Å². The van der Waals surface area contributed by atoms with E-state index in [1.165, 1.54) is 11.4 Å². The zero-order chi connectivity index (χ0) is 7.84. The van der Waals surface area contributed by atoms with Gasteiger partial charge in [0, 0.05) is 24.2 Å². The van der Waals surface area contributed by atoms with Gasteiger partial charge in [0.25, 0.3) is 0 Å². The summed E-state index contributed by atoms with van der Waals surface area (Å²) in [6.45, 7) is 4.34. The third kappa shape index (κ3) is 1.05. The number of fused-ring (bicyclic) bond motifs is 1. The van der Waals surface area contributed by atoms with Crippen molar-refractivity contribution < 1.29 is 0 Å². The summed E-state index contributed by atoms with van der Waals surface area (Å²) in [7, 11) is 0. The highest BCUT2D eigenvalue weighted by molar-refractivity contribution is 5.19. The smallest absolute Gasteiger partial charge is 0.0925 e. The second-order valence-corrected chi connectivity index (χ2v) is 3.26. The fourth-order valence-electron chi connectivity index (χ4n) is 1.74. The predicted octanol–water partition coefficient (Wildman–Crippen LogP) is 1.00. The highest BCUT2D eigenvalue weighted by Gasteiger charge is 2.21. The molecule has 3 nitrogen and oxygen atoms in total. The van der Waals surface area contributed by atoms with Crippen molar-refractivity contribution in [2.24, 2.45) is 0 Å². The van der Waals surface area contributed by atoms with E-state index in [9.17, 15) is 0 Å². The molecule has 0 saturated heterocycles. The van der Waals surface area contributed by atoms with Crippen LogP contribution in [0.15, 0.2) is 6.33 Å². The topological polar surface area (TPSA) is 40.7 Å². The van der Waals surface area contributed by atoms with E-state index in [-0.39, 0.29) is 0 Å². The second-order valence-electron chi connectivity index (χ2n) is 3.26. The van der Waals surface area contributed by atoms with Crippen LogP contribution in [0.5, 0.6) is 0 Å². The van der Waals surface area contributed by atoms with Gasteiger partial charge in [-0.25, -0.2) is 4.98 Å². The summed E-state index contributed by atoms with van der Waals surface area (Å²) in [4.78, 5) is 7.42. The SMILES string of the molecule is CC1Cc2[nH]cnc2C(C)N1. The summed E-state index contributed by atoms with van der Waals surface area (Å²) in [5.41, 5.74) is 2.48. The lowest BCUT2D eigenvalue weighted by Crippen LogP contribution is -2.35. The van der Waals surface area contributed by atoms with Crippen molar-refractivity contribution in [1.82, 2.24) is 15.3 Å². The molecule has 0 amide bonds. The van der Waals surface area contributed by atoms with Gasteiger partial charge in [0.05, 0.1) is 12.0 Å². The zero-order valence-electron chi connectivity index (χ0n) is 6.89. The number of hydrogen-bond acceptors (Lipinski definition) is 2. The van der Waals surface area contributed by atoms with Gasteiger partial charge in [-0.15, -0.1) is 0 Å². The Kier molecular flexibility index (Phi) is 1.46. The highest BCUT2D eigenvalue weighted by Crippen LogP contribution is 2.20. The van der Waals surface area contributed by atoms with Crippen molar-refractivity contribution in [2.45, 2.75) is 32.4 Å². The molecule has 1 aromatic heterocycles. The molecular formula is C8H13N3. The van der Waals surface area contributed by atoms with Crippen molar-refractivity contribution in [2.75, 3.05) is 0 Å². The van der Waals surface area contributed by atoms with Gasteiger partial charge >= 0.3 is 0 Å². The van der Waals surface area contributed by atoms with E-state index >= 15 is 0 Å². The van der Waals surface area contributed by atoms with Gasteiger partial charge in [0.2, 0.25) is 0 Å². The van der Waals surface area contributed by atoms with Crippen LogP contribution in [0.2, 0.25) is 0 Å². The molecule has 0 spiro atoms. The maximum atomic E-state index is 4.25. The van der Waals surface area contributed by atoms with Crippen LogP contribution in [0.1, 0.15) is 31.3 Å². The molecule has 0 bridgehead atoms. The lowest BCUT2D eigenvalue weighted by atomic mass is 10.0. The van der Waals surface area contributed by atoms with E-state index in [4.69, 9.17) is 0 Å². The Labute approximate surface area is 66.2 Å². The number of rotatable bonds is 0. The maximum Gasteiger partial charge on any atom is 0.0925 e. The molecule has 0 saturated carbocycles. The van der Waals surface area contributed by atoms with Crippen LogP contribution >= 0.6 is 0 Å². The van der Waals surface area contributed by atoms with Gasteiger partial charge in [0.1, 0.15) is 0 Å². The van der Waals surface area contributed by atoms with E-state index < -0.39 is 0 Å².